The molecule has 0 aliphatic carbocycles. The number of carbonyl (C=O) groups excluding carboxylic acids is 2. The Morgan fingerprint density at radius 2 is 0.871 bits per heavy atom. The molecule has 0 bridgehead atoms. The predicted octanol–water partition coefficient (Wildman–Crippen LogP) is 14.4. The molecule has 0 spiro atoms. The zero-order valence-electron chi connectivity index (χ0n) is 40.8. The highest BCUT2D eigenvalue weighted by Gasteiger charge is 2.21. The van der Waals surface area contributed by atoms with E-state index in [2.05, 4.69) is 62.5 Å². The van der Waals surface area contributed by atoms with Crippen molar-refractivity contribution < 1.29 is 42.1 Å². The number of esters is 2. The summed E-state index contributed by atoms with van der Waals surface area (Å²) in [6.45, 7) is 4.19. The SMILES string of the molecule is CCCCC/C=C\C/C=C\CCCCCCCCCC(=O)OCC(COP(=O)([O-])OCC[N+](C)(C)C)OC(=O)CCCCCCCCCCC/C=C\C/C=C\CCCCCCC. The van der Waals surface area contributed by atoms with Crippen molar-refractivity contribution in [2.24, 2.45) is 0 Å². The summed E-state index contributed by atoms with van der Waals surface area (Å²) in [4.78, 5) is 37.7. The van der Waals surface area contributed by atoms with Gasteiger partial charge < -0.3 is 27.9 Å². The van der Waals surface area contributed by atoms with Gasteiger partial charge in [0.15, 0.2) is 6.10 Å². The van der Waals surface area contributed by atoms with Crippen molar-refractivity contribution in [2.75, 3.05) is 47.5 Å². The lowest BCUT2D eigenvalue weighted by Crippen LogP contribution is -2.37. The van der Waals surface area contributed by atoms with Gasteiger partial charge in [0.05, 0.1) is 27.7 Å². The third-order valence-corrected chi connectivity index (χ3v) is 11.8. The summed E-state index contributed by atoms with van der Waals surface area (Å²) in [5, 5.41) is 0. The molecule has 62 heavy (non-hydrogen) atoms. The number of quaternary nitrogens is 1. The number of hydrogen-bond donors (Lipinski definition) is 0. The summed E-state index contributed by atoms with van der Waals surface area (Å²) in [6, 6.07) is 0. The average Bonchev–Trinajstić information content (AvgIpc) is 3.23. The van der Waals surface area contributed by atoms with E-state index in [1.807, 2.05) is 21.1 Å². The van der Waals surface area contributed by atoms with Crippen LogP contribution in [0.5, 0.6) is 0 Å². The Morgan fingerprint density at radius 3 is 1.31 bits per heavy atom. The molecular formula is C52H96NO8P. The van der Waals surface area contributed by atoms with Gasteiger partial charge in [0.25, 0.3) is 7.82 Å². The van der Waals surface area contributed by atoms with E-state index in [1.54, 1.807) is 0 Å². The summed E-state index contributed by atoms with van der Waals surface area (Å²) in [7, 11) is 1.16. The minimum Gasteiger partial charge on any atom is -0.756 e. The lowest BCUT2D eigenvalue weighted by atomic mass is 10.1. The molecule has 2 atom stereocenters. The standard InChI is InChI=1S/C52H96NO8P/c1-6-8-10-12-14-16-18-20-22-24-25-26-27-29-31-33-35-37-39-41-43-45-52(55)61-50(49-60-62(56,57)59-47-46-53(3,4)5)48-58-51(54)44-42-40-38-36-34-32-30-28-23-21-19-17-15-13-11-9-7-2/h15,17-18,20-21,23-25,50H,6-14,16,19,22,26-49H2,1-5H3/b17-15-,20-18-,23-21-,25-24-. The zero-order valence-corrected chi connectivity index (χ0v) is 41.7. The van der Waals surface area contributed by atoms with Crippen LogP contribution < -0.4 is 4.89 Å². The fourth-order valence-corrected chi connectivity index (χ4v) is 7.56. The van der Waals surface area contributed by atoms with Crippen LogP contribution in [-0.2, 0) is 32.7 Å². The first-order chi connectivity index (χ1) is 30.0. The van der Waals surface area contributed by atoms with Gasteiger partial charge in [-0.05, 0) is 77.0 Å². The molecule has 10 heteroatoms. The zero-order chi connectivity index (χ0) is 45.7. The van der Waals surface area contributed by atoms with Crippen molar-refractivity contribution in [1.82, 2.24) is 0 Å². The quantitative estimate of drug-likeness (QED) is 0.0195. The first kappa shape index (κ1) is 60.0. The van der Waals surface area contributed by atoms with Gasteiger partial charge in [-0.1, -0.05) is 178 Å². The Balaban J connectivity index is 4.28. The van der Waals surface area contributed by atoms with Crippen molar-refractivity contribution in [2.45, 2.75) is 225 Å². The van der Waals surface area contributed by atoms with Crippen LogP contribution >= 0.6 is 7.82 Å². The van der Waals surface area contributed by atoms with E-state index in [9.17, 15) is 19.0 Å². The molecule has 0 rings (SSSR count). The maximum atomic E-state index is 12.7. The second kappa shape index (κ2) is 44.2. The number of rotatable bonds is 46. The fraction of sp³-hybridized carbons (Fsp3) is 0.808. The maximum Gasteiger partial charge on any atom is 0.306 e. The molecule has 0 aromatic carbocycles. The third-order valence-electron chi connectivity index (χ3n) is 10.8. The molecule has 0 aliphatic heterocycles. The number of phosphoric ester groups is 1. The summed E-state index contributed by atoms with van der Waals surface area (Å²) < 4.78 is 34.0. The van der Waals surface area contributed by atoms with Crippen molar-refractivity contribution in [3.8, 4) is 0 Å². The summed E-state index contributed by atoms with van der Waals surface area (Å²) >= 11 is 0. The molecule has 0 N–H and O–H groups in total. The Kier molecular flexibility index (Phi) is 42.7. The molecule has 0 aliphatic rings. The van der Waals surface area contributed by atoms with Crippen LogP contribution in [0.3, 0.4) is 0 Å². The molecule has 0 fully saturated rings. The van der Waals surface area contributed by atoms with Crippen LogP contribution in [0.4, 0.5) is 0 Å². The van der Waals surface area contributed by atoms with Crippen LogP contribution in [0, 0.1) is 0 Å². The number of likely N-dealkylation sites (N-methyl/N-ethyl adjacent to an activating group) is 1. The number of unbranched alkanes of at least 4 members (excludes halogenated alkanes) is 24. The first-order valence-electron chi connectivity index (χ1n) is 25.3. The molecule has 0 radical (unpaired) electrons. The fourth-order valence-electron chi connectivity index (χ4n) is 6.83. The van der Waals surface area contributed by atoms with Crippen molar-refractivity contribution in [1.29, 1.82) is 0 Å². The predicted molar refractivity (Wildman–Crippen MR) is 259 cm³/mol. The topological polar surface area (TPSA) is 111 Å². The van der Waals surface area contributed by atoms with Gasteiger partial charge in [-0.15, -0.1) is 0 Å². The van der Waals surface area contributed by atoms with Gasteiger partial charge in [0.1, 0.15) is 19.8 Å². The highest BCUT2D eigenvalue weighted by atomic mass is 31.2. The van der Waals surface area contributed by atoms with Gasteiger partial charge in [0.2, 0.25) is 0 Å². The van der Waals surface area contributed by atoms with Gasteiger partial charge in [-0.25, -0.2) is 0 Å². The minimum atomic E-state index is -4.63. The van der Waals surface area contributed by atoms with Gasteiger partial charge >= 0.3 is 11.9 Å². The Morgan fingerprint density at radius 1 is 0.500 bits per heavy atom. The van der Waals surface area contributed by atoms with Gasteiger partial charge in [-0.2, -0.15) is 0 Å². The second-order valence-corrected chi connectivity index (χ2v) is 19.6. The van der Waals surface area contributed by atoms with Crippen LogP contribution in [-0.4, -0.2) is 70.0 Å². The van der Waals surface area contributed by atoms with E-state index in [0.717, 1.165) is 70.6 Å². The number of phosphoric acid groups is 1. The summed E-state index contributed by atoms with van der Waals surface area (Å²) in [5.74, 6) is -0.845. The first-order valence-corrected chi connectivity index (χ1v) is 26.8. The number of allylic oxidation sites excluding steroid dienone is 8. The Labute approximate surface area is 382 Å². The van der Waals surface area contributed by atoms with Crippen molar-refractivity contribution in [3.63, 3.8) is 0 Å². The average molecular weight is 894 g/mol. The van der Waals surface area contributed by atoms with Crippen LogP contribution in [0.15, 0.2) is 48.6 Å². The van der Waals surface area contributed by atoms with Crippen LogP contribution in [0.1, 0.15) is 219 Å². The van der Waals surface area contributed by atoms with E-state index >= 15 is 0 Å². The molecule has 0 heterocycles. The molecule has 0 saturated heterocycles. The molecule has 362 valence electrons. The molecule has 0 aromatic rings. The van der Waals surface area contributed by atoms with Gasteiger partial charge in [0, 0.05) is 12.8 Å². The molecule has 0 saturated carbocycles. The minimum absolute atomic E-state index is 0.0341. The van der Waals surface area contributed by atoms with Crippen molar-refractivity contribution in [3.05, 3.63) is 48.6 Å². The highest BCUT2D eigenvalue weighted by molar-refractivity contribution is 7.45. The van der Waals surface area contributed by atoms with Crippen LogP contribution in [0.2, 0.25) is 0 Å². The second-order valence-electron chi connectivity index (χ2n) is 18.2. The number of hydrogen-bond acceptors (Lipinski definition) is 8. The molecular weight excluding hydrogens is 798 g/mol. The van der Waals surface area contributed by atoms with Crippen LogP contribution in [0.25, 0.3) is 0 Å². The molecule has 0 aromatic heterocycles. The third kappa shape index (κ3) is 47.4. The molecule has 9 nitrogen and oxygen atoms in total. The Hall–Kier alpha value is -2.03. The summed E-state index contributed by atoms with van der Waals surface area (Å²) in [5.41, 5.74) is 0. The largest absolute Gasteiger partial charge is 0.756 e. The molecule has 0 amide bonds. The number of nitrogens with zero attached hydrogens (tertiary/aromatic N) is 1. The lowest BCUT2D eigenvalue weighted by Gasteiger charge is -2.28. The van der Waals surface area contributed by atoms with Gasteiger partial charge in [-0.3, -0.25) is 14.2 Å². The Bertz CT molecular complexity index is 1190. The highest BCUT2D eigenvalue weighted by Crippen LogP contribution is 2.38. The lowest BCUT2D eigenvalue weighted by molar-refractivity contribution is -0.870. The summed E-state index contributed by atoms with van der Waals surface area (Å²) in [6.07, 6.45) is 52.7. The van der Waals surface area contributed by atoms with E-state index in [-0.39, 0.29) is 26.1 Å². The number of ether oxygens (including phenoxy) is 2. The van der Waals surface area contributed by atoms with E-state index in [1.165, 1.54) is 116 Å². The van der Waals surface area contributed by atoms with E-state index < -0.39 is 32.5 Å². The number of carbonyl (C=O) groups is 2. The maximum absolute atomic E-state index is 12.7. The normalized spacial score (nSPS) is 13.8. The van der Waals surface area contributed by atoms with Crippen molar-refractivity contribution >= 4 is 19.8 Å². The smallest absolute Gasteiger partial charge is 0.306 e. The van der Waals surface area contributed by atoms with E-state index in [4.69, 9.17) is 18.5 Å². The molecule has 2 unspecified atom stereocenters. The monoisotopic (exact) mass is 894 g/mol. The van der Waals surface area contributed by atoms with E-state index in [0.29, 0.717) is 17.4 Å².